The van der Waals surface area contributed by atoms with E-state index in [0.29, 0.717) is 5.75 Å². The van der Waals surface area contributed by atoms with Crippen LogP contribution >= 0.6 is 11.6 Å². The van der Waals surface area contributed by atoms with Crippen LogP contribution in [-0.4, -0.2) is 12.6 Å². The second-order valence-electron chi connectivity index (χ2n) is 3.27. The van der Waals surface area contributed by atoms with Gasteiger partial charge in [-0.15, -0.1) is 0 Å². The molecule has 0 saturated carbocycles. The number of carboxylic acids is 1. The fourth-order valence-corrected chi connectivity index (χ4v) is 1.22. The topological polar surface area (TPSA) is 49.4 Å². The Morgan fingerprint density at radius 1 is 1.00 bits per heavy atom. The van der Waals surface area contributed by atoms with E-state index in [-0.39, 0.29) is 0 Å². The average Bonchev–Trinajstić information content (AvgIpc) is 2.39. The lowest BCUT2D eigenvalue weighted by Crippen LogP contribution is -2.28. The summed E-state index contributed by atoms with van der Waals surface area (Å²) in [5.74, 6) is -0.675. The van der Waals surface area contributed by atoms with Gasteiger partial charge in [0.25, 0.3) is 0 Å². The number of halogens is 1. The molecule has 0 amide bonds. The predicted octanol–water partition coefficient (Wildman–Crippen LogP) is 2.16. The molecular formula is C14H12ClO3-. The Balaban J connectivity index is 0.000000199. The molecule has 0 radical (unpaired) electrons. The second-order valence-corrected chi connectivity index (χ2v) is 3.71. The third-order valence-electron chi connectivity index (χ3n) is 1.83. The zero-order valence-corrected chi connectivity index (χ0v) is 10.3. The molecule has 2 aromatic rings. The van der Waals surface area contributed by atoms with E-state index in [4.69, 9.17) is 16.3 Å². The van der Waals surface area contributed by atoms with Gasteiger partial charge in [-0.25, -0.2) is 0 Å². The fourth-order valence-electron chi connectivity index (χ4n) is 1.07. The highest BCUT2D eigenvalue weighted by Gasteiger charge is 1.89. The highest BCUT2D eigenvalue weighted by atomic mass is 35.5. The molecule has 0 aliphatic heterocycles. The van der Waals surface area contributed by atoms with E-state index >= 15 is 0 Å². The van der Waals surface area contributed by atoms with E-state index in [1.165, 1.54) is 0 Å². The lowest BCUT2D eigenvalue weighted by molar-refractivity contribution is -0.307. The van der Waals surface area contributed by atoms with E-state index in [1.54, 1.807) is 24.3 Å². The summed E-state index contributed by atoms with van der Waals surface area (Å²) in [5, 5.41) is 10.7. The Kier molecular flexibility index (Phi) is 6.36. The largest absolute Gasteiger partial charge is 0.546 e. The first-order valence-corrected chi connectivity index (χ1v) is 5.64. The van der Waals surface area contributed by atoms with Crippen LogP contribution in [0.25, 0.3) is 0 Å². The first kappa shape index (κ1) is 14.1. The molecule has 18 heavy (non-hydrogen) atoms. The zero-order chi connectivity index (χ0) is 13.2. The number of carbonyl (C=O) groups excluding carboxylic acids is 1. The molecule has 3 nitrogen and oxygen atoms in total. The molecule has 0 aliphatic rings. The molecular weight excluding hydrogens is 252 g/mol. The molecule has 0 N–H and O–H groups in total. The molecule has 0 atom stereocenters. The fraction of sp³-hybridized carbons (Fsp3) is 0.0714. The molecule has 2 aromatic carbocycles. The third kappa shape index (κ3) is 6.55. The maximum atomic E-state index is 9.94. The molecule has 94 valence electrons. The maximum Gasteiger partial charge on any atom is 0.128 e. The number of hydrogen-bond donors (Lipinski definition) is 0. The van der Waals surface area contributed by atoms with Gasteiger partial charge >= 0.3 is 0 Å². The Bertz CT molecular complexity index is 457. The van der Waals surface area contributed by atoms with Gasteiger partial charge < -0.3 is 14.6 Å². The summed E-state index contributed by atoms with van der Waals surface area (Å²) in [6.45, 7) is -0.399. The standard InChI is InChI=1S/C8H8O3.C6H5Cl/c9-8(10)6-11-7-4-2-1-3-5-7;7-6-4-2-1-3-5-6/h1-5H,6H2,(H,9,10);1-5H/p-1. The Morgan fingerprint density at radius 2 is 1.50 bits per heavy atom. The number of carbonyl (C=O) groups is 1. The smallest absolute Gasteiger partial charge is 0.128 e. The van der Waals surface area contributed by atoms with Crippen molar-refractivity contribution in [3.63, 3.8) is 0 Å². The van der Waals surface area contributed by atoms with Gasteiger partial charge in [0, 0.05) is 5.02 Å². The minimum absolute atomic E-state index is 0.399. The summed E-state index contributed by atoms with van der Waals surface area (Å²) in [6, 6.07) is 18.2. The summed E-state index contributed by atoms with van der Waals surface area (Å²) >= 11 is 5.54. The van der Waals surface area contributed by atoms with Crippen LogP contribution in [0.15, 0.2) is 60.7 Å². The van der Waals surface area contributed by atoms with Gasteiger partial charge in [0.15, 0.2) is 0 Å². The van der Waals surface area contributed by atoms with Gasteiger partial charge in [-0.3, -0.25) is 0 Å². The quantitative estimate of drug-likeness (QED) is 0.853. The number of carboxylic acid groups (broad SMARTS) is 1. The Hall–Kier alpha value is -2.00. The van der Waals surface area contributed by atoms with Crippen molar-refractivity contribution in [1.82, 2.24) is 0 Å². The van der Waals surface area contributed by atoms with Crippen LogP contribution < -0.4 is 9.84 Å². The van der Waals surface area contributed by atoms with E-state index in [2.05, 4.69) is 0 Å². The Morgan fingerprint density at radius 3 is 1.89 bits per heavy atom. The molecule has 0 aromatic heterocycles. The number of para-hydroxylation sites is 1. The molecule has 0 fully saturated rings. The Labute approximate surface area is 111 Å². The molecule has 4 heteroatoms. The third-order valence-corrected chi connectivity index (χ3v) is 2.08. The summed E-state index contributed by atoms with van der Waals surface area (Å²) in [7, 11) is 0. The molecule has 0 unspecified atom stereocenters. The zero-order valence-electron chi connectivity index (χ0n) is 9.58. The van der Waals surface area contributed by atoms with Crippen molar-refractivity contribution < 1.29 is 14.6 Å². The van der Waals surface area contributed by atoms with Crippen LogP contribution in [0.1, 0.15) is 0 Å². The molecule has 2 rings (SSSR count). The van der Waals surface area contributed by atoms with Gasteiger partial charge in [0.2, 0.25) is 0 Å². The van der Waals surface area contributed by atoms with Crippen molar-refractivity contribution in [2.75, 3.05) is 6.61 Å². The molecule has 0 spiro atoms. The van der Waals surface area contributed by atoms with E-state index < -0.39 is 12.6 Å². The van der Waals surface area contributed by atoms with Crippen molar-refractivity contribution in [1.29, 1.82) is 0 Å². The number of rotatable bonds is 3. The summed E-state index contributed by atoms with van der Waals surface area (Å²) < 4.78 is 4.81. The van der Waals surface area contributed by atoms with E-state index in [9.17, 15) is 9.90 Å². The van der Waals surface area contributed by atoms with Crippen molar-refractivity contribution in [3.8, 4) is 5.75 Å². The monoisotopic (exact) mass is 263 g/mol. The van der Waals surface area contributed by atoms with Crippen LogP contribution in [-0.2, 0) is 4.79 Å². The molecule has 0 saturated heterocycles. The predicted molar refractivity (Wildman–Crippen MR) is 68.4 cm³/mol. The van der Waals surface area contributed by atoms with Gasteiger partial charge in [0.05, 0.1) is 5.97 Å². The van der Waals surface area contributed by atoms with Crippen LogP contribution in [0.4, 0.5) is 0 Å². The summed E-state index contributed by atoms with van der Waals surface area (Å²) in [6.07, 6.45) is 0. The lowest BCUT2D eigenvalue weighted by Gasteiger charge is -2.04. The highest BCUT2D eigenvalue weighted by molar-refractivity contribution is 6.30. The van der Waals surface area contributed by atoms with Gasteiger partial charge in [-0.1, -0.05) is 48.0 Å². The molecule has 0 bridgehead atoms. The van der Waals surface area contributed by atoms with E-state index in [0.717, 1.165) is 5.02 Å². The summed E-state index contributed by atoms with van der Waals surface area (Å²) in [4.78, 5) is 9.94. The first-order valence-electron chi connectivity index (χ1n) is 5.26. The van der Waals surface area contributed by atoms with Gasteiger partial charge in [-0.2, -0.15) is 0 Å². The maximum absolute atomic E-state index is 9.94. The van der Waals surface area contributed by atoms with Crippen molar-refractivity contribution in [2.24, 2.45) is 0 Å². The molecule has 0 aliphatic carbocycles. The minimum Gasteiger partial charge on any atom is -0.546 e. The normalized spacial score (nSPS) is 8.94. The number of aliphatic carboxylic acids is 1. The van der Waals surface area contributed by atoms with Crippen LogP contribution in [0.3, 0.4) is 0 Å². The van der Waals surface area contributed by atoms with Gasteiger partial charge in [-0.05, 0) is 24.3 Å². The van der Waals surface area contributed by atoms with Crippen molar-refractivity contribution >= 4 is 17.6 Å². The highest BCUT2D eigenvalue weighted by Crippen LogP contribution is 2.07. The minimum atomic E-state index is -1.21. The van der Waals surface area contributed by atoms with Crippen LogP contribution in [0, 0.1) is 0 Å². The number of ether oxygens (including phenoxy) is 1. The summed E-state index contributed by atoms with van der Waals surface area (Å²) in [5.41, 5.74) is 0. The van der Waals surface area contributed by atoms with Crippen molar-refractivity contribution in [3.05, 3.63) is 65.7 Å². The SMILES string of the molecule is Clc1ccccc1.O=C([O-])COc1ccccc1. The average molecular weight is 264 g/mol. The first-order chi connectivity index (χ1) is 8.68. The van der Waals surface area contributed by atoms with E-state index in [1.807, 2.05) is 36.4 Å². The lowest BCUT2D eigenvalue weighted by atomic mass is 10.3. The van der Waals surface area contributed by atoms with Crippen molar-refractivity contribution in [2.45, 2.75) is 0 Å². The second kappa shape index (κ2) is 8.14. The van der Waals surface area contributed by atoms with Crippen LogP contribution in [0.2, 0.25) is 5.02 Å². The number of hydrogen-bond acceptors (Lipinski definition) is 3. The molecule has 0 heterocycles. The van der Waals surface area contributed by atoms with Crippen LogP contribution in [0.5, 0.6) is 5.75 Å². The number of benzene rings is 2. The van der Waals surface area contributed by atoms with Gasteiger partial charge in [0.1, 0.15) is 12.4 Å².